The zero-order valence-electron chi connectivity index (χ0n) is 47.1. The number of aldehydes is 1. The van der Waals surface area contributed by atoms with Crippen LogP contribution in [0, 0.1) is 20.8 Å². The van der Waals surface area contributed by atoms with Crippen LogP contribution >= 0.6 is 0 Å². The first-order chi connectivity index (χ1) is 39.8. The highest BCUT2D eigenvalue weighted by Crippen LogP contribution is 2.30. The van der Waals surface area contributed by atoms with Gasteiger partial charge in [-0.2, -0.15) is 26.3 Å². The summed E-state index contributed by atoms with van der Waals surface area (Å²) in [4.78, 5) is 22.2. The van der Waals surface area contributed by atoms with Gasteiger partial charge in [0.05, 0.1) is 14.2 Å². The van der Waals surface area contributed by atoms with Gasteiger partial charge >= 0.3 is 5.97 Å². The number of ether oxygens (including phenoxy) is 3. The smallest absolute Gasteiger partial charge is 0.308 e. The fourth-order valence-electron chi connectivity index (χ4n) is 8.71. The Labute approximate surface area is 482 Å². The van der Waals surface area contributed by atoms with Crippen molar-refractivity contribution in [3.63, 3.8) is 0 Å². The molecule has 0 saturated carbocycles. The molecule has 83 heavy (non-hydrogen) atoms. The number of aromatic hydroxyl groups is 2. The highest BCUT2D eigenvalue weighted by molar-refractivity contribution is 5.69. The Morgan fingerprint density at radius 1 is 0.386 bits per heavy atom. The number of carbonyl (C=O) groups excluding carboxylic acids is 2. The molecule has 0 aliphatic heterocycles. The summed E-state index contributed by atoms with van der Waals surface area (Å²) in [5.74, 6) is 0.394. The molecule has 2 N–H and O–H groups in total. The lowest BCUT2D eigenvalue weighted by molar-refractivity contribution is -0.131. The van der Waals surface area contributed by atoms with Crippen molar-refractivity contribution in [2.45, 2.75) is 77.0 Å². The maximum absolute atomic E-state index is 12.8. The van der Waals surface area contributed by atoms with E-state index in [9.17, 15) is 46.1 Å². The first kappa shape index (κ1) is 64.7. The molecule has 8 aromatic rings. The zero-order chi connectivity index (χ0) is 60.3. The number of rotatable bonds is 19. The highest BCUT2D eigenvalue weighted by Gasteiger charge is 2.16. The second-order valence-corrected chi connectivity index (χ2v) is 19.7. The number of carbonyl (C=O) groups is 2. The van der Waals surface area contributed by atoms with Crippen molar-refractivity contribution in [3.05, 3.63) is 292 Å². The van der Waals surface area contributed by atoms with Crippen LogP contribution in [-0.4, -0.2) is 36.7 Å². The molecule has 0 bridgehead atoms. The van der Waals surface area contributed by atoms with E-state index in [1.807, 2.05) is 98.8 Å². The first-order valence-corrected chi connectivity index (χ1v) is 26.6. The van der Waals surface area contributed by atoms with Crippen molar-refractivity contribution in [3.8, 4) is 28.7 Å². The number of aryl methyl sites for hydroxylation is 3. The quantitative estimate of drug-likeness (QED) is 0.0360. The van der Waals surface area contributed by atoms with Crippen LogP contribution in [0.15, 0.2) is 231 Å². The predicted octanol–water partition coefficient (Wildman–Crippen LogP) is 17.9. The third-order valence-corrected chi connectivity index (χ3v) is 13.2. The number of halogens is 6. The molecule has 8 rings (SSSR count). The molecule has 0 saturated heterocycles. The topological polar surface area (TPSA) is 102 Å². The van der Waals surface area contributed by atoms with Crippen LogP contribution < -0.4 is 14.2 Å². The monoisotopic (exact) mass is 1130 g/mol. The van der Waals surface area contributed by atoms with Gasteiger partial charge in [-0.25, -0.2) is 0 Å². The van der Waals surface area contributed by atoms with Crippen LogP contribution in [0.2, 0.25) is 0 Å². The lowest BCUT2D eigenvalue weighted by Gasteiger charge is -2.14. The summed E-state index contributed by atoms with van der Waals surface area (Å²) in [6.07, 6.45) is 0.951. The van der Waals surface area contributed by atoms with E-state index in [4.69, 9.17) is 14.2 Å². The molecule has 8 aromatic carbocycles. The molecule has 0 amide bonds. The van der Waals surface area contributed by atoms with E-state index in [1.54, 1.807) is 74.9 Å². The number of phenolic OH excluding ortho intramolecular Hbond substituents is 2. The number of hydrogen-bond acceptors (Lipinski definition) is 7. The Balaban J connectivity index is 0.000000203. The minimum Gasteiger partial charge on any atom is -0.508 e. The van der Waals surface area contributed by atoms with E-state index in [2.05, 4.69) is 31.2 Å². The zero-order valence-corrected chi connectivity index (χ0v) is 47.1. The highest BCUT2D eigenvalue weighted by atomic mass is 19.3. The van der Waals surface area contributed by atoms with Gasteiger partial charge in [0.1, 0.15) is 35.0 Å². The molecule has 0 spiro atoms. The maximum Gasteiger partial charge on any atom is 0.308 e. The van der Waals surface area contributed by atoms with Crippen molar-refractivity contribution in [1.82, 2.24) is 0 Å². The standard InChI is InChI=1S/C19H18F2O2.C18H18F2O.C17H18O2.C16H14F2O2/c1-13-3-5-15(6-4-13)11-17(12-19(20)21)16-7-9-18(10-8-16)23-14(2)22;1-13-3-5-14(6-4-13)11-16(12-18(19)20)15-7-9-17(21-2)10-8-15;1-13-3-5-14(6-4-13)11-16(12-18)15-7-9-17(19-2)10-8-15;17-16(18)10-13(12-3-7-15(20)8-4-12)9-11-1-5-14(19)6-2-11/h3-10,12,17H,11H2,1-2H3;3-10,12,16H,11H2,1-2H3;3-10,12,16H,11H2,1-2H3;1-8,10,13,19-20H,9H2. The fourth-order valence-corrected chi connectivity index (χ4v) is 8.71. The SMILES string of the molecule is CC(=O)Oc1ccc(C(C=C(F)F)Cc2ccc(C)cc2)cc1.COc1ccc(C(C=C(F)F)Cc2ccc(C)cc2)cc1.COc1ccc(C(C=O)Cc2ccc(C)cc2)cc1.Oc1ccc(CC(C=C(F)F)c2ccc(O)cc2)cc1. The van der Waals surface area contributed by atoms with Crippen LogP contribution in [0.3, 0.4) is 0 Å². The maximum atomic E-state index is 12.8. The minimum atomic E-state index is -1.73. The van der Waals surface area contributed by atoms with Crippen molar-refractivity contribution >= 4 is 12.3 Å². The van der Waals surface area contributed by atoms with E-state index < -0.39 is 36.0 Å². The molecule has 7 nitrogen and oxygen atoms in total. The second-order valence-electron chi connectivity index (χ2n) is 19.7. The van der Waals surface area contributed by atoms with Crippen molar-refractivity contribution in [2.75, 3.05) is 14.2 Å². The van der Waals surface area contributed by atoms with E-state index in [1.165, 1.54) is 42.3 Å². The summed E-state index contributed by atoms with van der Waals surface area (Å²) in [6.45, 7) is 7.36. The third kappa shape index (κ3) is 23.5. The number of benzene rings is 8. The Morgan fingerprint density at radius 2 is 0.627 bits per heavy atom. The van der Waals surface area contributed by atoms with Gasteiger partial charge in [-0.05, 0) is 170 Å². The lowest BCUT2D eigenvalue weighted by atomic mass is 9.91. The lowest BCUT2D eigenvalue weighted by Crippen LogP contribution is -2.04. The third-order valence-electron chi connectivity index (χ3n) is 13.2. The number of methoxy groups -OCH3 is 2. The summed E-state index contributed by atoms with van der Waals surface area (Å²) < 4.78 is 91.4. The second kappa shape index (κ2) is 33.6. The van der Waals surface area contributed by atoms with E-state index >= 15 is 0 Å². The van der Waals surface area contributed by atoms with E-state index in [-0.39, 0.29) is 23.3 Å². The van der Waals surface area contributed by atoms with Gasteiger partial charge in [-0.3, -0.25) is 4.79 Å². The molecule has 4 atom stereocenters. The molecule has 0 heterocycles. The summed E-state index contributed by atoms with van der Waals surface area (Å²) in [6, 6.07) is 58.3. The van der Waals surface area contributed by atoms with Crippen LogP contribution in [0.5, 0.6) is 28.7 Å². The number of esters is 1. The normalized spacial score (nSPS) is 11.8. The number of phenols is 2. The van der Waals surface area contributed by atoms with Crippen molar-refractivity contribution in [1.29, 1.82) is 0 Å². The van der Waals surface area contributed by atoms with E-state index in [0.29, 0.717) is 30.6 Å². The summed E-state index contributed by atoms with van der Waals surface area (Å²) in [7, 11) is 3.22. The summed E-state index contributed by atoms with van der Waals surface area (Å²) in [5, 5.41) is 18.5. The van der Waals surface area contributed by atoms with Crippen LogP contribution in [0.1, 0.15) is 91.8 Å². The average Bonchev–Trinajstić information content (AvgIpc) is 3.47. The predicted molar refractivity (Wildman–Crippen MR) is 316 cm³/mol. The molecule has 0 fully saturated rings. The number of allylic oxidation sites excluding steroid dienone is 3. The van der Waals surface area contributed by atoms with Gasteiger partial charge in [-0.15, -0.1) is 0 Å². The Morgan fingerprint density at radius 3 is 0.892 bits per heavy atom. The molecule has 4 unspecified atom stereocenters. The summed E-state index contributed by atoms with van der Waals surface area (Å²) >= 11 is 0. The van der Waals surface area contributed by atoms with Crippen LogP contribution in [0.4, 0.5) is 26.3 Å². The van der Waals surface area contributed by atoms with Gasteiger partial charge in [0.15, 0.2) is 0 Å². The van der Waals surface area contributed by atoms with Gasteiger partial charge in [0, 0.05) is 30.6 Å². The van der Waals surface area contributed by atoms with Gasteiger partial charge in [0.25, 0.3) is 18.2 Å². The molecule has 0 aliphatic carbocycles. The molecular weight excluding hydrogens is 1070 g/mol. The van der Waals surface area contributed by atoms with Crippen LogP contribution in [0.25, 0.3) is 0 Å². The molecule has 0 aliphatic rings. The van der Waals surface area contributed by atoms with Gasteiger partial charge in [0.2, 0.25) is 0 Å². The largest absolute Gasteiger partial charge is 0.508 e. The Bertz CT molecular complexity index is 3300. The average molecular weight is 1140 g/mol. The minimum absolute atomic E-state index is 0.0989. The summed E-state index contributed by atoms with van der Waals surface area (Å²) in [5.41, 5.74) is 10.9. The molecule has 0 radical (unpaired) electrons. The Hall–Kier alpha value is -9.10. The molecule has 432 valence electrons. The fraction of sp³-hybridized carbons (Fsp3) is 0.200. The van der Waals surface area contributed by atoms with Crippen molar-refractivity contribution in [2.24, 2.45) is 0 Å². The molecule has 13 heteroatoms. The molecule has 0 aromatic heterocycles. The van der Waals surface area contributed by atoms with Gasteiger partial charge in [-0.1, -0.05) is 150 Å². The Kier molecular flexibility index (Phi) is 26.2. The number of hydrogen-bond donors (Lipinski definition) is 2. The molecular formula is C70H68F6O7. The van der Waals surface area contributed by atoms with Crippen molar-refractivity contribution < 1.29 is 60.4 Å². The van der Waals surface area contributed by atoms with E-state index in [0.717, 1.165) is 86.9 Å². The van der Waals surface area contributed by atoms with Crippen LogP contribution in [-0.2, 0) is 35.3 Å². The first-order valence-electron chi connectivity index (χ1n) is 26.6. The van der Waals surface area contributed by atoms with Gasteiger partial charge < -0.3 is 29.2 Å².